The van der Waals surface area contributed by atoms with Crippen molar-refractivity contribution in [1.82, 2.24) is 0 Å². The van der Waals surface area contributed by atoms with Gasteiger partial charge in [0.05, 0.1) is 11.1 Å². The second kappa shape index (κ2) is 6.24. The molecule has 2 nitrogen and oxygen atoms in total. The van der Waals surface area contributed by atoms with Gasteiger partial charge in [-0.25, -0.2) is 0 Å². The normalized spacial score (nSPS) is 17.2. The first-order chi connectivity index (χ1) is 8.66. The van der Waals surface area contributed by atoms with Crippen molar-refractivity contribution in [3.8, 4) is 5.75 Å². The van der Waals surface area contributed by atoms with Crippen LogP contribution in [0, 0.1) is 0 Å². The molecule has 2 rings (SSSR count). The highest BCUT2D eigenvalue weighted by Crippen LogP contribution is 2.27. The molecular weight excluding hydrogens is 248 g/mol. The lowest BCUT2D eigenvalue weighted by atomic mass is 10.1. The smallest absolute Gasteiger partial charge is 0.161 e. The first-order valence-electron chi connectivity index (χ1n) is 6.64. The fraction of sp³-hybridized carbons (Fsp3) is 0.533. The third-order valence-electron chi connectivity index (χ3n) is 3.42. The molecule has 1 aliphatic carbocycles. The van der Waals surface area contributed by atoms with Crippen LogP contribution in [0.2, 0.25) is 5.02 Å². The highest BCUT2D eigenvalue weighted by atomic mass is 35.5. The highest BCUT2D eigenvalue weighted by Gasteiger charge is 2.14. The Kier molecular flexibility index (Phi) is 4.65. The molecule has 0 aromatic heterocycles. The lowest BCUT2D eigenvalue weighted by Crippen LogP contribution is -2.15. The fourth-order valence-corrected chi connectivity index (χ4v) is 2.71. The molecule has 3 heteroatoms. The van der Waals surface area contributed by atoms with E-state index in [-0.39, 0.29) is 5.78 Å². The molecular formula is C15H19ClO2. The summed E-state index contributed by atoms with van der Waals surface area (Å²) in [6.07, 6.45) is 7.63. The van der Waals surface area contributed by atoms with Crippen LogP contribution < -0.4 is 4.74 Å². The van der Waals surface area contributed by atoms with Gasteiger partial charge in [0.2, 0.25) is 0 Å². The molecule has 1 aromatic rings. The van der Waals surface area contributed by atoms with Gasteiger partial charge in [-0.05, 0) is 50.8 Å². The van der Waals surface area contributed by atoms with E-state index in [2.05, 4.69) is 0 Å². The van der Waals surface area contributed by atoms with Crippen LogP contribution in [0.4, 0.5) is 0 Å². The average Bonchev–Trinajstić information content (AvgIpc) is 2.57. The van der Waals surface area contributed by atoms with E-state index in [0.29, 0.717) is 16.7 Å². The zero-order valence-corrected chi connectivity index (χ0v) is 11.5. The number of ketones is 1. The molecule has 0 unspecified atom stereocenters. The SMILES string of the molecule is CC(=O)c1ccc(OC2CCCCCC2)cc1Cl. The van der Waals surface area contributed by atoms with Crippen LogP contribution in [0.15, 0.2) is 18.2 Å². The molecule has 1 aromatic carbocycles. The van der Waals surface area contributed by atoms with Crippen molar-refractivity contribution in [1.29, 1.82) is 0 Å². The van der Waals surface area contributed by atoms with E-state index in [1.54, 1.807) is 12.1 Å². The molecule has 0 radical (unpaired) electrons. The molecule has 1 aliphatic rings. The quantitative estimate of drug-likeness (QED) is 0.588. The molecule has 0 heterocycles. The molecule has 1 saturated carbocycles. The van der Waals surface area contributed by atoms with Crippen LogP contribution in [-0.2, 0) is 0 Å². The first kappa shape index (κ1) is 13.4. The Morgan fingerprint density at radius 3 is 2.44 bits per heavy atom. The summed E-state index contributed by atoms with van der Waals surface area (Å²) < 4.78 is 5.96. The zero-order valence-electron chi connectivity index (χ0n) is 10.7. The molecule has 0 spiro atoms. The van der Waals surface area contributed by atoms with Gasteiger partial charge in [0.1, 0.15) is 5.75 Å². The molecule has 18 heavy (non-hydrogen) atoms. The Morgan fingerprint density at radius 2 is 1.89 bits per heavy atom. The Hall–Kier alpha value is -1.02. The molecule has 0 aliphatic heterocycles. The zero-order chi connectivity index (χ0) is 13.0. The van der Waals surface area contributed by atoms with Crippen molar-refractivity contribution in [2.24, 2.45) is 0 Å². The van der Waals surface area contributed by atoms with Gasteiger partial charge in [0.25, 0.3) is 0 Å². The third kappa shape index (κ3) is 3.49. The van der Waals surface area contributed by atoms with E-state index in [1.807, 2.05) is 6.07 Å². The lowest BCUT2D eigenvalue weighted by molar-refractivity contribution is 0.101. The van der Waals surface area contributed by atoms with Crippen molar-refractivity contribution < 1.29 is 9.53 Å². The molecule has 0 N–H and O–H groups in total. The van der Waals surface area contributed by atoms with E-state index in [0.717, 1.165) is 18.6 Å². The molecule has 98 valence electrons. The number of carbonyl (C=O) groups excluding carboxylic acids is 1. The van der Waals surface area contributed by atoms with E-state index >= 15 is 0 Å². The van der Waals surface area contributed by atoms with Gasteiger partial charge >= 0.3 is 0 Å². The number of ether oxygens (including phenoxy) is 1. The number of halogens is 1. The van der Waals surface area contributed by atoms with Gasteiger partial charge in [-0.3, -0.25) is 4.79 Å². The first-order valence-corrected chi connectivity index (χ1v) is 7.02. The average molecular weight is 267 g/mol. The number of Topliss-reactive ketones (excluding diaryl/α,β-unsaturated/α-hetero) is 1. The molecule has 0 bridgehead atoms. The van der Waals surface area contributed by atoms with E-state index in [1.165, 1.54) is 32.6 Å². The predicted molar refractivity (Wildman–Crippen MR) is 73.6 cm³/mol. The maximum atomic E-state index is 11.3. The van der Waals surface area contributed by atoms with Crippen LogP contribution in [0.1, 0.15) is 55.8 Å². The molecule has 0 amide bonds. The van der Waals surface area contributed by atoms with E-state index in [4.69, 9.17) is 16.3 Å². The number of hydrogen-bond donors (Lipinski definition) is 0. The summed E-state index contributed by atoms with van der Waals surface area (Å²) in [5.41, 5.74) is 0.560. The number of hydrogen-bond acceptors (Lipinski definition) is 2. The maximum absolute atomic E-state index is 11.3. The topological polar surface area (TPSA) is 26.3 Å². The largest absolute Gasteiger partial charge is 0.490 e. The maximum Gasteiger partial charge on any atom is 0.161 e. The number of rotatable bonds is 3. The van der Waals surface area contributed by atoms with Gasteiger partial charge < -0.3 is 4.74 Å². The Bertz CT molecular complexity index is 421. The van der Waals surface area contributed by atoms with Crippen LogP contribution in [0.25, 0.3) is 0 Å². The summed E-state index contributed by atoms with van der Waals surface area (Å²) in [5, 5.41) is 0.480. The van der Waals surface area contributed by atoms with Gasteiger partial charge in [-0.2, -0.15) is 0 Å². The Morgan fingerprint density at radius 1 is 1.22 bits per heavy atom. The van der Waals surface area contributed by atoms with Crippen molar-refractivity contribution in [3.63, 3.8) is 0 Å². The Labute approximate surface area is 113 Å². The fourth-order valence-electron chi connectivity index (χ4n) is 2.41. The summed E-state index contributed by atoms with van der Waals surface area (Å²) in [7, 11) is 0. The number of benzene rings is 1. The van der Waals surface area contributed by atoms with Crippen LogP contribution in [-0.4, -0.2) is 11.9 Å². The van der Waals surface area contributed by atoms with Gasteiger partial charge in [-0.1, -0.05) is 24.4 Å². The van der Waals surface area contributed by atoms with Gasteiger partial charge in [0.15, 0.2) is 5.78 Å². The predicted octanol–water partition coefficient (Wildman–Crippen LogP) is 4.64. The summed E-state index contributed by atoms with van der Waals surface area (Å²) in [6, 6.07) is 5.34. The minimum absolute atomic E-state index is 0.0129. The van der Waals surface area contributed by atoms with Crippen LogP contribution >= 0.6 is 11.6 Å². The second-order valence-corrected chi connectivity index (χ2v) is 5.34. The molecule has 1 fully saturated rings. The van der Waals surface area contributed by atoms with Crippen molar-refractivity contribution >= 4 is 17.4 Å². The second-order valence-electron chi connectivity index (χ2n) is 4.93. The summed E-state index contributed by atoms with van der Waals surface area (Å²) in [5.74, 6) is 0.762. The monoisotopic (exact) mass is 266 g/mol. The van der Waals surface area contributed by atoms with E-state index in [9.17, 15) is 4.79 Å². The molecule has 0 saturated heterocycles. The van der Waals surface area contributed by atoms with Gasteiger partial charge in [-0.15, -0.1) is 0 Å². The Balaban J connectivity index is 2.05. The highest BCUT2D eigenvalue weighted by molar-refractivity contribution is 6.34. The van der Waals surface area contributed by atoms with Crippen molar-refractivity contribution in [2.75, 3.05) is 0 Å². The summed E-state index contributed by atoms with van der Waals surface area (Å²) >= 11 is 6.07. The van der Waals surface area contributed by atoms with Crippen LogP contribution in [0.5, 0.6) is 5.75 Å². The van der Waals surface area contributed by atoms with Crippen molar-refractivity contribution in [3.05, 3.63) is 28.8 Å². The summed E-state index contributed by atoms with van der Waals surface area (Å²) in [4.78, 5) is 11.3. The minimum atomic E-state index is -0.0129. The number of carbonyl (C=O) groups is 1. The standard InChI is InChI=1S/C15H19ClO2/c1-11(17)14-9-8-13(10-15(14)16)18-12-6-4-2-3-5-7-12/h8-10,12H,2-7H2,1H3. The summed E-state index contributed by atoms with van der Waals surface area (Å²) in [6.45, 7) is 1.52. The molecule has 0 atom stereocenters. The van der Waals surface area contributed by atoms with Gasteiger partial charge in [0, 0.05) is 5.56 Å². The minimum Gasteiger partial charge on any atom is -0.490 e. The van der Waals surface area contributed by atoms with Crippen molar-refractivity contribution in [2.45, 2.75) is 51.6 Å². The van der Waals surface area contributed by atoms with E-state index < -0.39 is 0 Å². The van der Waals surface area contributed by atoms with Crippen LogP contribution in [0.3, 0.4) is 0 Å². The lowest BCUT2D eigenvalue weighted by Gasteiger charge is -2.17. The third-order valence-corrected chi connectivity index (χ3v) is 3.74.